The molecule has 1 aliphatic heterocycles. The van der Waals surface area contributed by atoms with Crippen molar-refractivity contribution in [1.29, 1.82) is 0 Å². The fourth-order valence-corrected chi connectivity index (χ4v) is 2.31. The number of aliphatic carboxylic acids is 1. The zero-order valence-electron chi connectivity index (χ0n) is 11.5. The summed E-state index contributed by atoms with van der Waals surface area (Å²) in [5.41, 5.74) is 0.00886. The highest BCUT2D eigenvalue weighted by Gasteiger charge is 2.29. The summed E-state index contributed by atoms with van der Waals surface area (Å²) in [4.78, 5) is 11.1. The summed E-state index contributed by atoms with van der Waals surface area (Å²) in [6.07, 6.45) is 2.34. The van der Waals surface area contributed by atoms with Gasteiger partial charge in [-0.15, -0.1) is 0 Å². The number of ether oxygens (including phenoxy) is 1. The van der Waals surface area contributed by atoms with Crippen molar-refractivity contribution in [3.63, 3.8) is 0 Å². The summed E-state index contributed by atoms with van der Waals surface area (Å²) in [5, 5.41) is 12.5. The van der Waals surface area contributed by atoms with E-state index in [4.69, 9.17) is 9.84 Å². The van der Waals surface area contributed by atoms with E-state index in [-0.39, 0.29) is 0 Å². The van der Waals surface area contributed by atoms with Crippen LogP contribution in [0.2, 0.25) is 0 Å². The van der Waals surface area contributed by atoms with Gasteiger partial charge in [0.1, 0.15) is 5.75 Å². The van der Waals surface area contributed by atoms with Crippen LogP contribution in [-0.4, -0.2) is 29.8 Å². The number of hydrogen-bond acceptors (Lipinski definition) is 3. The van der Waals surface area contributed by atoms with E-state index < -0.39 is 11.6 Å². The van der Waals surface area contributed by atoms with Crippen LogP contribution in [-0.2, 0) is 4.79 Å². The Morgan fingerprint density at radius 1 is 1.47 bits per heavy atom. The minimum Gasteiger partial charge on any atom is -0.478 e. The molecule has 0 aliphatic carbocycles. The third-order valence-electron chi connectivity index (χ3n) is 3.51. The van der Waals surface area contributed by atoms with Gasteiger partial charge in [0, 0.05) is 6.54 Å². The molecule has 1 atom stereocenters. The molecular weight excluding hydrogens is 242 g/mol. The molecule has 0 spiro atoms. The van der Waals surface area contributed by atoms with Gasteiger partial charge >= 0.3 is 5.97 Å². The predicted molar refractivity (Wildman–Crippen MR) is 73.6 cm³/mol. The van der Waals surface area contributed by atoms with Gasteiger partial charge in [-0.3, -0.25) is 0 Å². The number of carboxylic acids is 1. The van der Waals surface area contributed by atoms with E-state index in [2.05, 4.69) is 11.4 Å². The lowest BCUT2D eigenvalue weighted by atomic mass is 9.91. The van der Waals surface area contributed by atoms with Crippen molar-refractivity contribution in [2.45, 2.75) is 38.2 Å². The first-order valence-corrected chi connectivity index (χ1v) is 6.72. The molecule has 1 aliphatic rings. The van der Waals surface area contributed by atoms with E-state index >= 15 is 0 Å². The fourth-order valence-electron chi connectivity index (χ4n) is 2.31. The van der Waals surface area contributed by atoms with Crippen LogP contribution in [0.15, 0.2) is 24.3 Å². The molecule has 2 N–H and O–H groups in total. The molecule has 1 aromatic carbocycles. The van der Waals surface area contributed by atoms with E-state index in [9.17, 15) is 4.79 Å². The van der Waals surface area contributed by atoms with Crippen LogP contribution >= 0.6 is 0 Å². The molecule has 1 aromatic rings. The Hall–Kier alpha value is -1.55. The first kappa shape index (κ1) is 13.9. The zero-order chi connectivity index (χ0) is 13.9. The minimum absolute atomic E-state index is 0.491. The van der Waals surface area contributed by atoms with E-state index in [0.29, 0.717) is 11.7 Å². The highest BCUT2D eigenvalue weighted by molar-refractivity contribution is 5.76. The summed E-state index contributed by atoms with van der Waals surface area (Å²) in [7, 11) is 0. The van der Waals surface area contributed by atoms with Gasteiger partial charge in [-0.05, 0) is 56.8 Å². The van der Waals surface area contributed by atoms with Crippen LogP contribution in [0.5, 0.6) is 5.75 Å². The van der Waals surface area contributed by atoms with Gasteiger partial charge in [-0.1, -0.05) is 12.1 Å². The maximum absolute atomic E-state index is 11.1. The monoisotopic (exact) mass is 263 g/mol. The topological polar surface area (TPSA) is 58.6 Å². The normalized spacial score (nSPS) is 20.0. The third-order valence-corrected chi connectivity index (χ3v) is 3.51. The Morgan fingerprint density at radius 3 is 2.89 bits per heavy atom. The minimum atomic E-state index is -1.20. The number of carboxylic acid groups (broad SMARTS) is 1. The van der Waals surface area contributed by atoms with Crippen LogP contribution in [0.1, 0.15) is 38.2 Å². The van der Waals surface area contributed by atoms with Crippen LogP contribution in [0.4, 0.5) is 0 Å². The van der Waals surface area contributed by atoms with Crippen LogP contribution in [0.3, 0.4) is 0 Å². The van der Waals surface area contributed by atoms with Crippen LogP contribution in [0.25, 0.3) is 0 Å². The summed E-state index contributed by atoms with van der Waals surface area (Å²) in [6.45, 7) is 5.18. The maximum Gasteiger partial charge on any atom is 0.347 e. The van der Waals surface area contributed by atoms with Gasteiger partial charge < -0.3 is 15.2 Å². The summed E-state index contributed by atoms with van der Waals surface area (Å²) in [6, 6.07) is 7.78. The fraction of sp³-hybridized carbons (Fsp3) is 0.533. The molecule has 1 heterocycles. The molecular formula is C15H21NO3. The zero-order valence-corrected chi connectivity index (χ0v) is 11.5. The second kappa shape index (κ2) is 5.61. The summed E-state index contributed by atoms with van der Waals surface area (Å²) in [5.74, 6) is 0.151. The molecule has 104 valence electrons. The van der Waals surface area contributed by atoms with Gasteiger partial charge in [-0.25, -0.2) is 4.79 Å². The maximum atomic E-state index is 11.1. The van der Waals surface area contributed by atoms with Gasteiger partial charge in [0.2, 0.25) is 0 Å². The van der Waals surface area contributed by atoms with Crippen LogP contribution < -0.4 is 10.1 Å². The summed E-state index contributed by atoms with van der Waals surface area (Å²) >= 11 is 0. The van der Waals surface area contributed by atoms with Crippen LogP contribution in [0, 0.1) is 0 Å². The molecule has 0 unspecified atom stereocenters. The van der Waals surface area contributed by atoms with Crippen molar-refractivity contribution < 1.29 is 14.6 Å². The number of piperidine rings is 1. The smallest absolute Gasteiger partial charge is 0.347 e. The van der Waals surface area contributed by atoms with Crippen molar-refractivity contribution in [2.24, 2.45) is 0 Å². The van der Waals surface area contributed by atoms with Gasteiger partial charge in [-0.2, -0.15) is 0 Å². The standard InChI is InChI=1S/C15H21NO3/c1-15(2,14(17)18)19-13-7-3-5-11(9-13)12-6-4-8-16-10-12/h3,5,7,9,12,16H,4,6,8,10H2,1-2H3,(H,17,18)/t12-/m1/s1. The second-order valence-electron chi connectivity index (χ2n) is 5.53. The highest BCUT2D eigenvalue weighted by atomic mass is 16.5. The lowest BCUT2D eigenvalue weighted by Gasteiger charge is -2.25. The van der Waals surface area contributed by atoms with Crippen molar-refractivity contribution >= 4 is 5.97 Å². The van der Waals surface area contributed by atoms with E-state index in [1.165, 1.54) is 18.4 Å². The second-order valence-corrected chi connectivity index (χ2v) is 5.53. The molecule has 1 saturated heterocycles. The first-order chi connectivity index (χ1) is 8.99. The average molecular weight is 263 g/mol. The predicted octanol–water partition coefficient (Wildman–Crippen LogP) is 2.40. The number of carbonyl (C=O) groups is 1. The van der Waals surface area contributed by atoms with Gasteiger partial charge in [0.05, 0.1) is 0 Å². The largest absolute Gasteiger partial charge is 0.478 e. The lowest BCUT2D eigenvalue weighted by molar-refractivity contribution is -0.152. The Labute approximate surface area is 113 Å². The Kier molecular flexibility index (Phi) is 4.10. The highest BCUT2D eigenvalue weighted by Crippen LogP contribution is 2.27. The number of nitrogens with one attached hydrogen (secondary N) is 1. The molecule has 0 amide bonds. The molecule has 1 fully saturated rings. The molecule has 2 rings (SSSR count). The quantitative estimate of drug-likeness (QED) is 0.875. The Morgan fingerprint density at radius 2 is 2.26 bits per heavy atom. The Bertz CT molecular complexity index is 450. The lowest BCUT2D eigenvalue weighted by Crippen LogP contribution is -2.37. The van der Waals surface area contributed by atoms with E-state index in [1.54, 1.807) is 13.8 Å². The molecule has 4 heteroatoms. The number of rotatable bonds is 4. The van der Waals surface area contributed by atoms with Crippen molar-refractivity contribution in [3.05, 3.63) is 29.8 Å². The van der Waals surface area contributed by atoms with Crippen molar-refractivity contribution in [3.8, 4) is 5.75 Å². The molecule has 0 radical (unpaired) electrons. The van der Waals surface area contributed by atoms with E-state index in [0.717, 1.165) is 13.1 Å². The van der Waals surface area contributed by atoms with Crippen molar-refractivity contribution in [1.82, 2.24) is 5.32 Å². The molecule has 4 nitrogen and oxygen atoms in total. The van der Waals surface area contributed by atoms with E-state index in [1.807, 2.05) is 18.2 Å². The SMILES string of the molecule is CC(C)(Oc1cccc([C@@H]2CCCNC2)c1)C(=O)O. The average Bonchev–Trinajstić information content (AvgIpc) is 2.39. The van der Waals surface area contributed by atoms with Gasteiger partial charge in [0.25, 0.3) is 0 Å². The molecule has 0 aromatic heterocycles. The molecule has 0 saturated carbocycles. The van der Waals surface area contributed by atoms with Crippen molar-refractivity contribution in [2.75, 3.05) is 13.1 Å². The van der Waals surface area contributed by atoms with Gasteiger partial charge in [0.15, 0.2) is 5.60 Å². The first-order valence-electron chi connectivity index (χ1n) is 6.72. The number of hydrogen-bond donors (Lipinski definition) is 2. The third kappa shape index (κ3) is 3.47. The Balaban J connectivity index is 2.12. The molecule has 0 bridgehead atoms. The summed E-state index contributed by atoms with van der Waals surface area (Å²) < 4.78 is 5.57. The number of benzene rings is 1. The molecule has 19 heavy (non-hydrogen) atoms.